The zero-order chi connectivity index (χ0) is 16.2. The van der Waals surface area contributed by atoms with Crippen LogP contribution >= 0.6 is 11.6 Å². The van der Waals surface area contributed by atoms with Gasteiger partial charge in [-0.1, -0.05) is 28.9 Å². The van der Waals surface area contributed by atoms with E-state index in [2.05, 4.69) is 10.5 Å². The van der Waals surface area contributed by atoms with Crippen LogP contribution in [-0.2, 0) is 6.54 Å². The number of halogens is 2. The molecule has 0 unspecified atom stereocenters. The number of hydrogen-bond acceptors (Lipinski definition) is 3. The Bertz CT molecular complexity index is 831. The summed E-state index contributed by atoms with van der Waals surface area (Å²) in [4.78, 5) is 12.1. The molecular weight excluding hydrogens is 319 g/mol. The Morgan fingerprint density at radius 1 is 1.17 bits per heavy atom. The minimum absolute atomic E-state index is 0.203. The first kappa shape index (κ1) is 15.2. The van der Waals surface area contributed by atoms with Gasteiger partial charge < -0.3 is 9.84 Å². The molecule has 0 aliphatic heterocycles. The van der Waals surface area contributed by atoms with E-state index in [0.717, 1.165) is 0 Å². The van der Waals surface area contributed by atoms with Crippen LogP contribution in [0.4, 0.5) is 4.39 Å². The topological polar surface area (TPSA) is 55.1 Å². The molecule has 1 aromatic heterocycles. The molecular formula is C17H12ClFN2O2. The van der Waals surface area contributed by atoms with E-state index in [1.165, 1.54) is 12.1 Å². The van der Waals surface area contributed by atoms with Crippen LogP contribution in [0.3, 0.4) is 0 Å². The molecule has 0 fully saturated rings. The number of carbonyl (C=O) groups excluding carboxylic acids is 1. The first-order valence-electron chi connectivity index (χ1n) is 6.88. The van der Waals surface area contributed by atoms with Gasteiger partial charge in [-0.15, -0.1) is 0 Å². The van der Waals surface area contributed by atoms with Crippen LogP contribution in [0.2, 0.25) is 5.02 Å². The van der Waals surface area contributed by atoms with Gasteiger partial charge in [0.2, 0.25) is 0 Å². The molecule has 6 heteroatoms. The summed E-state index contributed by atoms with van der Waals surface area (Å²) in [7, 11) is 0. The smallest absolute Gasteiger partial charge is 0.253 e. The number of nitrogens with zero attached hydrogens (tertiary/aromatic N) is 1. The van der Waals surface area contributed by atoms with E-state index in [0.29, 0.717) is 27.6 Å². The average molecular weight is 331 g/mol. The van der Waals surface area contributed by atoms with Gasteiger partial charge in [-0.25, -0.2) is 4.39 Å². The largest absolute Gasteiger partial charge is 0.356 e. The second-order valence-corrected chi connectivity index (χ2v) is 5.26. The molecule has 3 rings (SSSR count). The number of aromatic nitrogens is 1. The predicted octanol–water partition coefficient (Wildman–Crippen LogP) is 4.06. The Morgan fingerprint density at radius 3 is 2.65 bits per heavy atom. The summed E-state index contributed by atoms with van der Waals surface area (Å²) in [6.45, 7) is 0.203. The van der Waals surface area contributed by atoms with Gasteiger partial charge in [0.25, 0.3) is 5.91 Å². The number of nitrogens with one attached hydrogen (secondary N) is 1. The first-order chi connectivity index (χ1) is 11.1. The lowest BCUT2D eigenvalue weighted by Gasteiger charge is -2.04. The van der Waals surface area contributed by atoms with Crippen molar-refractivity contribution in [3.8, 4) is 11.3 Å². The normalized spacial score (nSPS) is 10.5. The fourth-order valence-corrected chi connectivity index (χ4v) is 2.28. The zero-order valence-electron chi connectivity index (χ0n) is 11.9. The molecule has 1 amide bonds. The molecule has 0 saturated heterocycles. The third-order valence-corrected chi connectivity index (χ3v) is 3.57. The van der Waals surface area contributed by atoms with E-state index >= 15 is 0 Å². The number of rotatable bonds is 4. The van der Waals surface area contributed by atoms with Crippen molar-refractivity contribution >= 4 is 17.5 Å². The number of carbonyl (C=O) groups is 1. The molecule has 0 radical (unpaired) electrons. The molecule has 116 valence electrons. The lowest BCUT2D eigenvalue weighted by Crippen LogP contribution is -2.23. The van der Waals surface area contributed by atoms with Gasteiger partial charge in [-0.05, 0) is 36.4 Å². The highest BCUT2D eigenvalue weighted by molar-refractivity contribution is 6.33. The minimum Gasteiger partial charge on any atom is -0.356 e. The minimum atomic E-state index is -0.319. The molecule has 0 saturated carbocycles. The monoisotopic (exact) mass is 330 g/mol. The van der Waals surface area contributed by atoms with Crippen LogP contribution in [0.15, 0.2) is 59.1 Å². The van der Waals surface area contributed by atoms with Gasteiger partial charge in [0.15, 0.2) is 5.76 Å². The number of hydrogen-bond donors (Lipinski definition) is 1. The highest BCUT2D eigenvalue weighted by atomic mass is 35.5. The number of benzene rings is 2. The summed E-state index contributed by atoms with van der Waals surface area (Å²) >= 11 is 5.97. The summed E-state index contributed by atoms with van der Waals surface area (Å²) in [5, 5.41) is 7.00. The van der Waals surface area contributed by atoms with Crippen molar-refractivity contribution in [2.75, 3.05) is 0 Å². The molecule has 23 heavy (non-hydrogen) atoms. The summed E-state index contributed by atoms with van der Waals surface area (Å²) < 4.78 is 18.1. The Balaban J connectivity index is 1.67. The molecule has 1 heterocycles. The van der Waals surface area contributed by atoms with E-state index in [4.69, 9.17) is 16.1 Å². The van der Waals surface area contributed by atoms with E-state index in [-0.39, 0.29) is 18.3 Å². The summed E-state index contributed by atoms with van der Waals surface area (Å²) in [6, 6.07) is 14.4. The Hall–Kier alpha value is -2.66. The molecule has 0 aliphatic rings. The highest BCUT2D eigenvalue weighted by Gasteiger charge is 2.11. The average Bonchev–Trinajstić information content (AvgIpc) is 3.03. The molecule has 0 spiro atoms. The van der Waals surface area contributed by atoms with Gasteiger partial charge in [0.1, 0.15) is 11.5 Å². The lowest BCUT2D eigenvalue weighted by atomic mass is 10.1. The molecule has 1 N–H and O–H groups in total. The van der Waals surface area contributed by atoms with Crippen LogP contribution in [0.1, 0.15) is 16.1 Å². The third kappa shape index (κ3) is 3.57. The Morgan fingerprint density at radius 2 is 1.91 bits per heavy atom. The van der Waals surface area contributed by atoms with Crippen LogP contribution in [-0.4, -0.2) is 11.1 Å². The van der Waals surface area contributed by atoms with Gasteiger partial charge in [0.05, 0.1) is 17.1 Å². The molecule has 0 bridgehead atoms. The maximum atomic E-state index is 12.9. The molecule has 2 aromatic carbocycles. The molecule has 3 aromatic rings. The van der Waals surface area contributed by atoms with Gasteiger partial charge in [-0.3, -0.25) is 4.79 Å². The summed E-state index contributed by atoms with van der Waals surface area (Å²) in [5.74, 6) is -0.102. The van der Waals surface area contributed by atoms with E-state index in [1.54, 1.807) is 42.5 Å². The van der Waals surface area contributed by atoms with Crippen molar-refractivity contribution in [3.63, 3.8) is 0 Å². The molecule has 0 aliphatic carbocycles. The van der Waals surface area contributed by atoms with Crippen molar-refractivity contribution in [3.05, 3.63) is 76.7 Å². The summed E-state index contributed by atoms with van der Waals surface area (Å²) in [5.41, 5.74) is 1.67. The van der Waals surface area contributed by atoms with E-state index in [1.807, 2.05) is 0 Å². The van der Waals surface area contributed by atoms with Crippen LogP contribution < -0.4 is 5.32 Å². The molecule has 4 nitrogen and oxygen atoms in total. The second kappa shape index (κ2) is 6.62. The van der Waals surface area contributed by atoms with Crippen LogP contribution in [0, 0.1) is 5.82 Å². The van der Waals surface area contributed by atoms with Gasteiger partial charge in [0, 0.05) is 11.6 Å². The van der Waals surface area contributed by atoms with Crippen molar-refractivity contribution in [1.29, 1.82) is 0 Å². The van der Waals surface area contributed by atoms with Crippen molar-refractivity contribution in [2.45, 2.75) is 6.54 Å². The van der Waals surface area contributed by atoms with Crippen molar-refractivity contribution < 1.29 is 13.7 Å². The fourth-order valence-electron chi connectivity index (χ4n) is 2.06. The number of amides is 1. The third-order valence-electron chi connectivity index (χ3n) is 3.24. The van der Waals surface area contributed by atoms with Gasteiger partial charge >= 0.3 is 0 Å². The Kier molecular flexibility index (Phi) is 4.39. The molecule has 0 atom stereocenters. The maximum Gasteiger partial charge on any atom is 0.253 e. The van der Waals surface area contributed by atoms with Crippen molar-refractivity contribution in [2.24, 2.45) is 0 Å². The van der Waals surface area contributed by atoms with Crippen molar-refractivity contribution in [1.82, 2.24) is 10.5 Å². The highest BCUT2D eigenvalue weighted by Crippen LogP contribution is 2.20. The Labute approximate surface area is 136 Å². The van der Waals surface area contributed by atoms with Gasteiger partial charge in [-0.2, -0.15) is 0 Å². The standard InChI is InChI=1S/C17H12ClFN2O2/c18-15-4-2-1-3-14(15)17(22)20-10-13-9-16(23-21-13)11-5-7-12(19)8-6-11/h1-9H,10H2,(H,20,22). The first-order valence-corrected chi connectivity index (χ1v) is 7.25. The predicted molar refractivity (Wildman–Crippen MR) is 84.5 cm³/mol. The fraction of sp³-hybridized carbons (Fsp3) is 0.0588. The maximum absolute atomic E-state index is 12.9. The second-order valence-electron chi connectivity index (χ2n) is 4.85. The summed E-state index contributed by atoms with van der Waals surface area (Å²) in [6.07, 6.45) is 0. The SMILES string of the molecule is O=C(NCc1cc(-c2ccc(F)cc2)on1)c1ccccc1Cl. The quantitative estimate of drug-likeness (QED) is 0.784. The lowest BCUT2D eigenvalue weighted by molar-refractivity contribution is 0.0950. The zero-order valence-corrected chi connectivity index (χ0v) is 12.7. The van der Waals surface area contributed by atoms with Crippen LogP contribution in [0.5, 0.6) is 0 Å². The van der Waals surface area contributed by atoms with E-state index < -0.39 is 0 Å². The van der Waals surface area contributed by atoms with Crippen LogP contribution in [0.25, 0.3) is 11.3 Å². The van der Waals surface area contributed by atoms with E-state index in [9.17, 15) is 9.18 Å².